The van der Waals surface area contributed by atoms with Gasteiger partial charge in [0.05, 0.1) is 29.7 Å². The standard InChI is InChI=1S/C21H18ClF3N10O/c1-11-8-34-10-14(16-13(22)7-27-20(32-16)31-15-4-6-28-33(15)2)30-17(34)18(36)35(11)9-12-3-5-26-19(29-12)21(23,24)25/h3-7,10-11H,8-9H2,1-2H3,(H,27,31,32)/t11-/m0/s1. The Balaban J connectivity index is 1.42. The lowest BCUT2D eigenvalue weighted by Crippen LogP contribution is -2.46. The Hall–Kier alpha value is -4.07. The normalized spacial score (nSPS) is 15.8. The van der Waals surface area contributed by atoms with Crippen LogP contribution in [-0.2, 0) is 26.3 Å². The van der Waals surface area contributed by atoms with Crippen LogP contribution in [-0.4, -0.2) is 56.1 Å². The number of anilines is 2. The molecule has 5 rings (SSSR count). The number of amides is 1. The molecule has 0 saturated carbocycles. The summed E-state index contributed by atoms with van der Waals surface area (Å²) in [6.45, 7) is 2.04. The van der Waals surface area contributed by atoms with Gasteiger partial charge in [0.1, 0.15) is 17.2 Å². The van der Waals surface area contributed by atoms with Crippen LogP contribution in [0.25, 0.3) is 11.4 Å². The predicted octanol–water partition coefficient (Wildman–Crippen LogP) is 3.32. The average Bonchev–Trinajstić information content (AvgIpc) is 3.43. The molecule has 0 unspecified atom stereocenters. The van der Waals surface area contributed by atoms with Gasteiger partial charge < -0.3 is 14.8 Å². The van der Waals surface area contributed by atoms with Crippen molar-refractivity contribution in [3.05, 3.63) is 59.3 Å². The Labute approximate surface area is 207 Å². The highest BCUT2D eigenvalue weighted by molar-refractivity contribution is 6.32. The number of imidazole rings is 1. The van der Waals surface area contributed by atoms with Crippen LogP contribution in [0.3, 0.4) is 0 Å². The molecular formula is C21H18ClF3N10O. The smallest absolute Gasteiger partial charge is 0.326 e. The molecule has 4 aromatic heterocycles. The monoisotopic (exact) mass is 518 g/mol. The van der Waals surface area contributed by atoms with Gasteiger partial charge in [0.2, 0.25) is 11.8 Å². The molecule has 1 N–H and O–H groups in total. The second-order valence-corrected chi connectivity index (χ2v) is 8.52. The van der Waals surface area contributed by atoms with Gasteiger partial charge >= 0.3 is 6.18 Å². The topological polar surface area (TPSA) is 120 Å². The first-order valence-electron chi connectivity index (χ1n) is 10.7. The molecule has 0 aliphatic carbocycles. The van der Waals surface area contributed by atoms with E-state index in [-0.39, 0.29) is 35.1 Å². The van der Waals surface area contributed by atoms with E-state index < -0.39 is 17.9 Å². The molecule has 11 nitrogen and oxygen atoms in total. The van der Waals surface area contributed by atoms with Gasteiger partial charge in [0, 0.05) is 38.1 Å². The largest absolute Gasteiger partial charge is 0.451 e. The van der Waals surface area contributed by atoms with E-state index in [1.165, 1.54) is 17.2 Å². The Morgan fingerprint density at radius 3 is 2.69 bits per heavy atom. The molecule has 0 aromatic carbocycles. The molecule has 36 heavy (non-hydrogen) atoms. The van der Waals surface area contributed by atoms with Gasteiger partial charge in [-0.15, -0.1) is 0 Å². The highest BCUT2D eigenvalue weighted by Gasteiger charge is 2.36. The third-order valence-corrected chi connectivity index (χ3v) is 5.84. The molecule has 186 valence electrons. The fraction of sp³-hybridized carbons (Fsp3) is 0.286. The van der Waals surface area contributed by atoms with E-state index in [4.69, 9.17) is 11.6 Å². The van der Waals surface area contributed by atoms with Crippen LogP contribution in [0.15, 0.2) is 36.9 Å². The molecule has 0 spiro atoms. The summed E-state index contributed by atoms with van der Waals surface area (Å²) >= 11 is 6.34. The maximum absolute atomic E-state index is 13.2. The van der Waals surface area contributed by atoms with E-state index >= 15 is 0 Å². The summed E-state index contributed by atoms with van der Waals surface area (Å²) in [4.78, 5) is 34.6. The Morgan fingerprint density at radius 1 is 1.17 bits per heavy atom. The first kappa shape index (κ1) is 23.7. The zero-order valence-corrected chi connectivity index (χ0v) is 19.7. The van der Waals surface area contributed by atoms with E-state index in [0.717, 1.165) is 6.20 Å². The van der Waals surface area contributed by atoms with Crippen LogP contribution in [0.4, 0.5) is 24.9 Å². The highest BCUT2D eigenvalue weighted by atomic mass is 35.5. The minimum Gasteiger partial charge on any atom is -0.326 e. The molecule has 0 bridgehead atoms. The summed E-state index contributed by atoms with van der Waals surface area (Å²) in [6, 6.07) is 2.76. The molecule has 5 heterocycles. The zero-order chi connectivity index (χ0) is 25.6. The lowest BCUT2D eigenvalue weighted by atomic mass is 10.2. The van der Waals surface area contributed by atoms with Crippen molar-refractivity contribution in [1.82, 2.24) is 44.2 Å². The first-order valence-corrected chi connectivity index (χ1v) is 11.0. The van der Waals surface area contributed by atoms with E-state index in [9.17, 15) is 18.0 Å². The van der Waals surface area contributed by atoms with Crippen molar-refractivity contribution >= 4 is 29.3 Å². The molecule has 0 saturated heterocycles. The number of carbonyl (C=O) groups excluding carboxylic acids is 1. The van der Waals surface area contributed by atoms with E-state index in [0.29, 0.717) is 23.8 Å². The molecular weight excluding hydrogens is 501 g/mol. The fourth-order valence-electron chi connectivity index (χ4n) is 3.79. The summed E-state index contributed by atoms with van der Waals surface area (Å²) in [5.41, 5.74) is 0.743. The van der Waals surface area contributed by atoms with Gasteiger partial charge in [0.15, 0.2) is 5.82 Å². The van der Waals surface area contributed by atoms with Gasteiger partial charge in [-0.3, -0.25) is 9.48 Å². The number of carbonyl (C=O) groups is 1. The SMILES string of the molecule is C[C@H]1Cn2cc(-c3nc(Nc4ccnn4C)ncc3Cl)nc2C(=O)N1Cc1ccnc(C(F)(F)F)n1. The number of halogens is 4. The van der Waals surface area contributed by atoms with Crippen molar-refractivity contribution in [2.75, 3.05) is 5.32 Å². The number of nitrogens with one attached hydrogen (secondary N) is 1. The second kappa shape index (κ2) is 8.86. The third-order valence-electron chi connectivity index (χ3n) is 5.57. The molecule has 0 radical (unpaired) electrons. The first-order chi connectivity index (χ1) is 17.1. The maximum atomic E-state index is 13.2. The van der Waals surface area contributed by atoms with Crippen molar-refractivity contribution in [2.24, 2.45) is 7.05 Å². The minimum absolute atomic E-state index is 0.0717. The number of nitrogens with zero attached hydrogens (tertiary/aromatic N) is 9. The number of aromatic nitrogens is 8. The van der Waals surface area contributed by atoms with Gasteiger partial charge in [-0.2, -0.15) is 18.3 Å². The Morgan fingerprint density at radius 2 is 1.97 bits per heavy atom. The van der Waals surface area contributed by atoms with E-state index in [1.807, 2.05) is 0 Å². The number of rotatable bonds is 5. The van der Waals surface area contributed by atoms with Gasteiger partial charge in [-0.25, -0.2) is 24.9 Å². The second-order valence-electron chi connectivity index (χ2n) is 8.11. The summed E-state index contributed by atoms with van der Waals surface area (Å²) in [6.07, 6.45) is 1.05. The minimum atomic E-state index is -4.68. The predicted molar refractivity (Wildman–Crippen MR) is 121 cm³/mol. The third kappa shape index (κ3) is 4.46. The van der Waals surface area contributed by atoms with Crippen LogP contribution in [0.5, 0.6) is 0 Å². The van der Waals surface area contributed by atoms with Crippen molar-refractivity contribution in [1.29, 1.82) is 0 Å². The molecule has 1 atom stereocenters. The molecule has 1 aliphatic rings. The van der Waals surface area contributed by atoms with Crippen molar-refractivity contribution < 1.29 is 18.0 Å². The van der Waals surface area contributed by atoms with Crippen molar-refractivity contribution in [2.45, 2.75) is 32.2 Å². The summed E-state index contributed by atoms with van der Waals surface area (Å²) < 4.78 is 42.3. The number of aryl methyl sites for hydroxylation is 1. The van der Waals surface area contributed by atoms with Crippen LogP contribution < -0.4 is 5.32 Å². The van der Waals surface area contributed by atoms with E-state index in [1.54, 1.807) is 41.7 Å². The number of fused-ring (bicyclic) bond motifs is 1. The molecule has 15 heteroatoms. The molecule has 1 amide bonds. The maximum Gasteiger partial charge on any atom is 0.451 e. The van der Waals surface area contributed by atoms with Crippen LogP contribution in [0.2, 0.25) is 5.02 Å². The number of hydrogen-bond donors (Lipinski definition) is 1. The van der Waals surface area contributed by atoms with Crippen LogP contribution in [0, 0.1) is 0 Å². The van der Waals surface area contributed by atoms with Gasteiger partial charge in [0.25, 0.3) is 5.91 Å². The van der Waals surface area contributed by atoms with Crippen molar-refractivity contribution in [3.8, 4) is 11.4 Å². The fourth-order valence-corrected chi connectivity index (χ4v) is 3.98. The van der Waals surface area contributed by atoms with Crippen LogP contribution in [0.1, 0.15) is 29.1 Å². The molecule has 0 fully saturated rings. The number of alkyl halides is 3. The highest BCUT2D eigenvalue weighted by Crippen LogP contribution is 2.30. The van der Waals surface area contributed by atoms with Gasteiger partial charge in [-0.05, 0) is 13.0 Å². The number of hydrogen-bond acceptors (Lipinski definition) is 8. The van der Waals surface area contributed by atoms with Gasteiger partial charge in [-0.1, -0.05) is 11.6 Å². The summed E-state index contributed by atoms with van der Waals surface area (Å²) in [5.74, 6) is -0.676. The molecule has 4 aromatic rings. The Bertz CT molecular complexity index is 1450. The Kier molecular flexibility index (Phi) is 5.82. The summed E-state index contributed by atoms with van der Waals surface area (Å²) in [7, 11) is 1.76. The molecule has 1 aliphatic heterocycles. The lowest BCUT2D eigenvalue weighted by molar-refractivity contribution is -0.145. The van der Waals surface area contributed by atoms with Crippen molar-refractivity contribution in [3.63, 3.8) is 0 Å². The average molecular weight is 519 g/mol. The lowest BCUT2D eigenvalue weighted by Gasteiger charge is -2.33. The van der Waals surface area contributed by atoms with Crippen LogP contribution >= 0.6 is 11.6 Å². The summed E-state index contributed by atoms with van der Waals surface area (Å²) in [5, 5.41) is 7.34. The quantitative estimate of drug-likeness (QED) is 0.427. The zero-order valence-electron chi connectivity index (χ0n) is 18.9. The van der Waals surface area contributed by atoms with E-state index in [2.05, 4.69) is 35.3 Å².